The molecular formula is C19H42NO2+. The maximum atomic E-state index is 8.87. The molecule has 3 heteroatoms. The summed E-state index contributed by atoms with van der Waals surface area (Å²) in [4.78, 5) is 0. The first-order valence-corrected chi connectivity index (χ1v) is 9.78. The minimum atomic E-state index is 0.140. The fraction of sp³-hybridized carbons (Fsp3) is 1.00. The van der Waals surface area contributed by atoms with Gasteiger partial charge in [-0.3, -0.25) is 0 Å². The fourth-order valence-electron chi connectivity index (χ4n) is 3.13. The molecule has 0 aromatic rings. The van der Waals surface area contributed by atoms with Gasteiger partial charge in [-0.25, -0.2) is 0 Å². The van der Waals surface area contributed by atoms with Gasteiger partial charge in [0.15, 0.2) is 0 Å². The monoisotopic (exact) mass is 316 g/mol. The van der Waals surface area contributed by atoms with Crippen LogP contribution in [0.3, 0.4) is 0 Å². The van der Waals surface area contributed by atoms with Crippen molar-refractivity contribution in [1.29, 1.82) is 0 Å². The highest BCUT2D eigenvalue weighted by Crippen LogP contribution is 2.16. The lowest BCUT2D eigenvalue weighted by atomic mass is 10.1. The first kappa shape index (κ1) is 21.9. The molecule has 3 nitrogen and oxygen atoms in total. The molecule has 0 amide bonds. The molecule has 0 bridgehead atoms. The first-order valence-electron chi connectivity index (χ1n) is 9.78. The van der Waals surface area contributed by atoms with Crippen molar-refractivity contribution in [2.45, 2.75) is 78.6 Å². The normalized spacial score (nSPS) is 12.0. The zero-order valence-corrected chi connectivity index (χ0v) is 15.6. The van der Waals surface area contributed by atoms with Crippen LogP contribution in [0.25, 0.3) is 0 Å². The molecule has 0 heterocycles. The van der Waals surface area contributed by atoms with Crippen LogP contribution in [0.2, 0.25) is 0 Å². The lowest BCUT2D eigenvalue weighted by Crippen LogP contribution is -2.52. The highest BCUT2D eigenvalue weighted by Gasteiger charge is 2.25. The highest BCUT2D eigenvalue weighted by molar-refractivity contribution is 4.50. The molecule has 0 radical (unpaired) electrons. The lowest BCUT2D eigenvalue weighted by molar-refractivity contribution is -0.929. The molecule has 0 atom stereocenters. The standard InChI is InChI=1S/C19H42NO2/c1-4-7-10-11-12-15-20(13-8-5-2,14-9-6-3)16-18-22-19-17-21/h21H,4-19H2,1-3H3/q+1. The predicted octanol–water partition coefficient (Wildman–Crippen LogP) is 4.38. The van der Waals surface area contributed by atoms with Crippen LogP contribution >= 0.6 is 0 Å². The Morgan fingerprint density at radius 3 is 1.73 bits per heavy atom. The van der Waals surface area contributed by atoms with Crippen molar-refractivity contribution < 1.29 is 14.3 Å². The molecule has 22 heavy (non-hydrogen) atoms. The summed E-state index contributed by atoms with van der Waals surface area (Å²) >= 11 is 0. The third-order valence-corrected chi connectivity index (χ3v) is 4.65. The molecule has 0 unspecified atom stereocenters. The Morgan fingerprint density at radius 2 is 1.18 bits per heavy atom. The van der Waals surface area contributed by atoms with E-state index in [-0.39, 0.29) is 6.61 Å². The lowest BCUT2D eigenvalue weighted by Gasteiger charge is -2.39. The van der Waals surface area contributed by atoms with Crippen molar-refractivity contribution in [3.63, 3.8) is 0 Å². The van der Waals surface area contributed by atoms with Crippen LogP contribution < -0.4 is 0 Å². The minimum Gasteiger partial charge on any atom is -0.394 e. The molecule has 0 saturated carbocycles. The van der Waals surface area contributed by atoms with Gasteiger partial charge < -0.3 is 14.3 Å². The number of aliphatic hydroxyl groups is 1. The van der Waals surface area contributed by atoms with Crippen LogP contribution in [0.4, 0.5) is 0 Å². The molecule has 0 fully saturated rings. The van der Waals surface area contributed by atoms with E-state index in [1.54, 1.807) is 0 Å². The van der Waals surface area contributed by atoms with Crippen LogP contribution in [-0.2, 0) is 4.74 Å². The SMILES string of the molecule is CCCCCCC[N+](CCCC)(CCCC)CCOCCO. The zero-order valence-electron chi connectivity index (χ0n) is 15.6. The Morgan fingerprint density at radius 1 is 0.636 bits per heavy atom. The molecule has 1 N–H and O–H groups in total. The summed E-state index contributed by atoms with van der Waals surface area (Å²) in [5.74, 6) is 0. The number of unbranched alkanes of at least 4 members (excludes halogenated alkanes) is 6. The van der Waals surface area contributed by atoms with Crippen molar-refractivity contribution >= 4 is 0 Å². The second-order valence-electron chi connectivity index (χ2n) is 6.69. The number of quaternary nitrogens is 1. The molecular weight excluding hydrogens is 274 g/mol. The van der Waals surface area contributed by atoms with Gasteiger partial charge in [-0.05, 0) is 25.7 Å². The number of ether oxygens (including phenoxy) is 1. The van der Waals surface area contributed by atoms with Gasteiger partial charge in [0.2, 0.25) is 0 Å². The Balaban J connectivity index is 4.41. The summed E-state index contributed by atoms with van der Waals surface area (Å²) in [6.07, 6.45) is 12.0. The maximum absolute atomic E-state index is 8.87. The van der Waals surface area contributed by atoms with Crippen molar-refractivity contribution in [2.75, 3.05) is 46.0 Å². The molecule has 0 spiro atoms. The second-order valence-corrected chi connectivity index (χ2v) is 6.69. The van der Waals surface area contributed by atoms with Crippen molar-refractivity contribution in [3.05, 3.63) is 0 Å². The van der Waals surface area contributed by atoms with Gasteiger partial charge in [0.25, 0.3) is 0 Å². The van der Waals surface area contributed by atoms with E-state index >= 15 is 0 Å². The maximum Gasteiger partial charge on any atom is 0.102 e. The largest absolute Gasteiger partial charge is 0.394 e. The summed E-state index contributed by atoms with van der Waals surface area (Å²) in [5.41, 5.74) is 0. The van der Waals surface area contributed by atoms with E-state index in [4.69, 9.17) is 9.84 Å². The summed E-state index contributed by atoms with van der Waals surface area (Å²) in [6, 6.07) is 0. The Labute approximate surface area is 139 Å². The molecule has 0 aliphatic carbocycles. The van der Waals surface area contributed by atoms with Crippen molar-refractivity contribution in [1.82, 2.24) is 0 Å². The van der Waals surface area contributed by atoms with Crippen molar-refractivity contribution in [2.24, 2.45) is 0 Å². The number of nitrogens with zero attached hydrogens (tertiary/aromatic N) is 1. The van der Waals surface area contributed by atoms with Crippen molar-refractivity contribution in [3.8, 4) is 0 Å². The quantitative estimate of drug-likeness (QED) is 0.319. The number of hydrogen-bond acceptors (Lipinski definition) is 2. The summed E-state index contributed by atoms with van der Waals surface area (Å²) in [7, 11) is 0. The van der Waals surface area contributed by atoms with E-state index in [0.717, 1.165) is 13.2 Å². The molecule has 0 saturated heterocycles. The van der Waals surface area contributed by atoms with E-state index in [0.29, 0.717) is 6.61 Å². The van der Waals surface area contributed by atoms with E-state index in [9.17, 15) is 0 Å². The molecule has 0 aromatic heterocycles. The Hall–Kier alpha value is -0.120. The summed E-state index contributed by atoms with van der Waals surface area (Å²) in [5, 5.41) is 8.87. The van der Waals surface area contributed by atoms with Gasteiger partial charge in [-0.2, -0.15) is 0 Å². The van der Waals surface area contributed by atoms with Crippen LogP contribution in [0.1, 0.15) is 78.6 Å². The fourth-order valence-corrected chi connectivity index (χ4v) is 3.13. The average Bonchev–Trinajstić information content (AvgIpc) is 2.54. The highest BCUT2D eigenvalue weighted by atomic mass is 16.5. The van der Waals surface area contributed by atoms with Gasteiger partial charge in [-0.15, -0.1) is 0 Å². The molecule has 0 aliphatic heterocycles. The molecule has 0 rings (SSSR count). The van der Waals surface area contributed by atoms with Gasteiger partial charge in [0, 0.05) is 0 Å². The average molecular weight is 317 g/mol. The predicted molar refractivity (Wildman–Crippen MR) is 96.2 cm³/mol. The van der Waals surface area contributed by atoms with Gasteiger partial charge in [-0.1, -0.05) is 52.9 Å². The zero-order chi connectivity index (χ0) is 16.5. The third kappa shape index (κ3) is 11.4. The molecule has 0 aromatic carbocycles. The Bertz CT molecular complexity index is 213. The number of rotatable bonds is 17. The van der Waals surface area contributed by atoms with Crippen LogP contribution in [0.15, 0.2) is 0 Å². The summed E-state index contributed by atoms with van der Waals surface area (Å²) in [6.45, 7) is 13.3. The van der Waals surface area contributed by atoms with E-state index in [1.807, 2.05) is 0 Å². The Kier molecular flexibility index (Phi) is 15.7. The molecule has 0 aliphatic rings. The van der Waals surface area contributed by atoms with Gasteiger partial charge in [0.1, 0.15) is 6.54 Å². The van der Waals surface area contributed by atoms with Crippen LogP contribution in [0.5, 0.6) is 0 Å². The van der Waals surface area contributed by atoms with Crippen LogP contribution in [-0.4, -0.2) is 55.6 Å². The minimum absolute atomic E-state index is 0.140. The van der Waals surface area contributed by atoms with E-state index in [1.165, 1.54) is 81.9 Å². The molecule has 134 valence electrons. The van der Waals surface area contributed by atoms with Gasteiger partial charge >= 0.3 is 0 Å². The summed E-state index contributed by atoms with van der Waals surface area (Å²) < 4.78 is 6.81. The number of aliphatic hydroxyl groups excluding tert-OH is 1. The van der Waals surface area contributed by atoms with E-state index in [2.05, 4.69) is 20.8 Å². The smallest absolute Gasteiger partial charge is 0.102 e. The van der Waals surface area contributed by atoms with Gasteiger partial charge in [0.05, 0.1) is 39.5 Å². The third-order valence-electron chi connectivity index (χ3n) is 4.65. The number of hydrogen-bond donors (Lipinski definition) is 1. The van der Waals surface area contributed by atoms with Crippen LogP contribution in [0, 0.1) is 0 Å². The first-order chi connectivity index (χ1) is 10.7. The second kappa shape index (κ2) is 15.8. The topological polar surface area (TPSA) is 29.5 Å². The van der Waals surface area contributed by atoms with E-state index < -0.39 is 0 Å².